The van der Waals surface area contributed by atoms with Crippen molar-refractivity contribution in [1.82, 2.24) is 10.0 Å². The fourth-order valence-electron chi connectivity index (χ4n) is 6.83. The molecule has 4 aliphatic heterocycles. The Balaban J connectivity index is 1.40. The number of benzene rings is 4. The first-order valence-corrected chi connectivity index (χ1v) is 13.3. The number of carbonyl (C=O) groups is 2. The Morgan fingerprint density at radius 1 is 0.500 bits per heavy atom. The lowest BCUT2D eigenvalue weighted by Crippen LogP contribution is -2.65. The van der Waals surface area contributed by atoms with E-state index in [2.05, 4.69) is 46.2 Å². The van der Waals surface area contributed by atoms with Crippen LogP contribution in [0.25, 0.3) is 0 Å². The van der Waals surface area contributed by atoms with Crippen LogP contribution >= 0.6 is 0 Å². The highest BCUT2D eigenvalue weighted by molar-refractivity contribution is 6.07. The van der Waals surface area contributed by atoms with Crippen molar-refractivity contribution in [2.24, 2.45) is 0 Å². The van der Waals surface area contributed by atoms with Crippen molar-refractivity contribution in [3.05, 3.63) is 130 Å². The van der Waals surface area contributed by atoms with Gasteiger partial charge < -0.3 is 9.80 Å². The van der Waals surface area contributed by atoms with Gasteiger partial charge in [0.25, 0.3) is 11.8 Å². The summed E-state index contributed by atoms with van der Waals surface area (Å²) >= 11 is 0. The Morgan fingerprint density at radius 2 is 0.895 bits per heavy atom. The number of hydrazine groups is 1. The minimum atomic E-state index is -0.410. The highest BCUT2D eigenvalue weighted by atomic mass is 16.2. The summed E-state index contributed by atoms with van der Waals surface area (Å²) in [6.45, 7) is 1.54. The Morgan fingerprint density at radius 3 is 1.37 bits per heavy atom. The number of nitrogens with zero attached hydrogens (tertiary/aromatic N) is 4. The number of hydrogen-bond donors (Lipinski definition) is 0. The molecule has 0 bridgehead atoms. The molecule has 0 fully saturated rings. The van der Waals surface area contributed by atoms with Crippen molar-refractivity contribution in [2.75, 3.05) is 22.9 Å². The number of hydrogen-bond acceptors (Lipinski definition) is 4. The first-order chi connectivity index (χ1) is 18.7. The predicted molar refractivity (Wildman–Crippen MR) is 146 cm³/mol. The zero-order valence-electron chi connectivity index (χ0n) is 20.8. The van der Waals surface area contributed by atoms with E-state index in [0.717, 1.165) is 48.4 Å². The molecule has 4 aliphatic rings. The third-order valence-electron chi connectivity index (χ3n) is 8.50. The van der Waals surface area contributed by atoms with Gasteiger partial charge in [0.2, 0.25) is 0 Å². The number of anilines is 2. The summed E-state index contributed by atoms with van der Waals surface area (Å²) in [5.41, 5.74) is 7.70. The topological polar surface area (TPSA) is 47.1 Å². The van der Waals surface area contributed by atoms with Crippen LogP contribution in [0.4, 0.5) is 11.4 Å². The highest BCUT2D eigenvalue weighted by Gasteiger charge is 2.51. The fraction of sp³-hybridized carbons (Fsp3) is 0.188. The van der Waals surface area contributed by atoms with E-state index in [1.807, 2.05) is 60.7 Å². The Kier molecular flexibility index (Phi) is 4.50. The van der Waals surface area contributed by atoms with Crippen LogP contribution in [0, 0.1) is 0 Å². The molecule has 2 amide bonds. The van der Waals surface area contributed by atoms with Gasteiger partial charge in [-0.25, -0.2) is 10.0 Å². The van der Waals surface area contributed by atoms with E-state index in [1.165, 1.54) is 11.1 Å². The number of para-hydroxylation sites is 2. The van der Waals surface area contributed by atoms with Crippen LogP contribution in [-0.4, -0.2) is 34.9 Å². The van der Waals surface area contributed by atoms with E-state index in [-0.39, 0.29) is 11.8 Å². The van der Waals surface area contributed by atoms with Crippen molar-refractivity contribution < 1.29 is 9.59 Å². The highest BCUT2D eigenvalue weighted by Crippen LogP contribution is 2.49. The van der Waals surface area contributed by atoms with Gasteiger partial charge in [-0.2, -0.15) is 0 Å². The molecule has 4 aromatic rings. The molecular weight excluding hydrogens is 472 g/mol. The Hall–Kier alpha value is -4.58. The maximum atomic E-state index is 14.5. The van der Waals surface area contributed by atoms with Gasteiger partial charge in [-0.15, -0.1) is 0 Å². The molecule has 38 heavy (non-hydrogen) atoms. The lowest BCUT2D eigenvalue weighted by atomic mass is 9.91. The van der Waals surface area contributed by atoms with Crippen molar-refractivity contribution >= 4 is 23.2 Å². The molecule has 0 N–H and O–H groups in total. The van der Waals surface area contributed by atoms with Crippen LogP contribution in [0.1, 0.15) is 55.3 Å². The number of rotatable bonds is 1. The van der Waals surface area contributed by atoms with Gasteiger partial charge in [0.15, 0.2) is 12.3 Å². The smallest absolute Gasteiger partial charge is 0.276 e. The summed E-state index contributed by atoms with van der Waals surface area (Å²) in [5, 5.41) is 3.52. The van der Waals surface area contributed by atoms with Gasteiger partial charge in [0, 0.05) is 13.1 Å². The second-order valence-corrected chi connectivity index (χ2v) is 10.4. The average molecular weight is 499 g/mol. The predicted octanol–water partition coefficient (Wildman–Crippen LogP) is 5.34. The normalized spacial score (nSPS) is 21.2. The van der Waals surface area contributed by atoms with Crippen LogP contribution in [0.3, 0.4) is 0 Å². The zero-order chi connectivity index (χ0) is 25.4. The summed E-state index contributed by atoms with van der Waals surface area (Å²) in [4.78, 5) is 33.6. The molecule has 0 spiro atoms. The van der Waals surface area contributed by atoms with Crippen LogP contribution in [0.2, 0.25) is 0 Å². The molecule has 6 nitrogen and oxygen atoms in total. The third kappa shape index (κ3) is 2.83. The van der Waals surface area contributed by atoms with Gasteiger partial charge in [-0.3, -0.25) is 9.59 Å². The average Bonchev–Trinajstić information content (AvgIpc) is 2.98. The van der Waals surface area contributed by atoms with Crippen molar-refractivity contribution in [3.8, 4) is 0 Å². The molecule has 2 atom stereocenters. The van der Waals surface area contributed by atoms with Gasteiger partial charge in [0.1, 0.15) is 0 Å². The molecule has 0 saturated heterocycles. The van der Waals surface area contributed by atoms with E-state index in [0.29, 0.717) is 11.1 Å². The first kappa shape index (κ1) is 21.5. The van der Waals surface area contributed by atoms with Crippen molar-refractivity contribution in [2.45, 2.75) is 25.2 Å². The maximum absolute atomic E-state index is 14.5. The van der Waals surface area contributed by atoms with E-state index >= 15 is 0 Å². The Bertz CT molecular complexity index is 1510. The fourth-order valence-corrected chi connectivity index (χ4v) is 6.83. The minimum Gasteiger partial charge on any atom is -0.345 e. The van der Waals surface area contributed by atoms with Crippen LogP contribution < -0.4 is 9.80 Å². The second kappa shape index (κ2) is 7.96. The lowest BCUT2D eigenvalue weighted by Gasteiger charge is -2.57. The molecule has 0 aliphatic carbocycles. The third-order valence-corrected chi connectivity index (χ3v) is 8.50. The van der Waals surface area contributed by atoms with E-state index in [1.54, 1.807) is 10.0 Å². The zero-order valence-corrected chi connectivity index (χ0v) is 20.8. The molecule has 0 radical (unpaired) electrons. The summed E-state index contributed by atoms with van der Waals surface area (Å²) in [6.07, 6.45) is 0.955. The van der Waals surface area contributed by atoms with E-state index < -0.39 is 12.3 Å². The standard InChI is InChI=1S/C32H26N4O2/c37-31-25-13-5-7-15-27(25)33-19-17-21-9-1-3-11-23(21)29(33)35(31)36-30-24-12-4-2-10-22(24)18-20-34(30)28-16-8-6-14-26(28)32(36)38/h1-16,29-30H,17-20H2/t29-,30-/m0/s1. The number of amides is 2. The monoisotopic (exact) mass is 498 g/mol. The molecule has 0 saturated carbocycles. The van der Waals surface area contributed by atoms with Gasteiger partial charge >= 0.3 is 0 Å². The molecule has 186 valence electrons. The molecular formula is C32H26N4O2. The second-order valence-electron chi connectivity index (χ2n) is 10.4. The summed E-state index contributed by atoms with van der Waals surface area (Å²) in [7, 11) is 0. The minimum absolute atomic E-state index is 0.144. The molecule has 4 aromatic carbocycles. The molecule has 8 rings (SSSR count). The Labute approximate surface area is 221 Å². The summed E-state index contributed by atoms with van der Waals surface area (Å²) in [5.74, 6) is -0.288. The number of fused-ring (bicyclic) bond motifs is 10. The van der Waals surface area contributed by atoms with E-state index in [4.69, 9.17) is 0 Å². The molecule has 4 heterocycles. The number of carbonyl (C=O) groups excluding carboxylic acids is 2. The van der Waals surface area contributed by atoms with Crippen LogP contribution in [-0.2, 0) is 12.8 Å². The maximum Gasteiger partial charge on any atom is 0.276 e. The van der Waals surface area contributed by atoms with Crippen LogP contribution in [0.15, 0.2) is 97.1 Å². The van der Waals surface area contributed by atoms with Gasteiger partial charge in [0.05, 0.1) is 22.5 Å². The quantitative estimate of drug-likeness (QED) is 0.356. The SMILES string of the molecule is O=C1c2ccccc2N2CCc3ccccc3[C@@H]2N1N1C(=O)c2ccccc2N2CCc3ccccc3[C@@H]21. The summed E-state index contributed by atoms with van der Waals surface area (Å²) < 4.78 is 0. The van der Waals surface area contributed by atoms with Crippen molar-refractivity contribution in [3.63, 3.8) is 0 Å². The van der Waals surface area contributed by atoms with E-state index in [9.17, 15) is 9.59 Å². The van der Waals surface area contributed by atoms with Crippen molar-refractivity contribution in [1.29, 1.82) is 0 Å². The molecule has 0 unspecified atom stereocenters. The first-order valence-electron chi connectivity index (χ1n) is 13.3. The molecule has 0 aromatic heterocycles. The lowest BCUT2D eigenvalue weighted by molar-refractivity contribution is -0.0542. The molecule has 6 heteroatoms. The van der Waals surface area contributed by atoms with Gasteiger partial charge in [-0.05, 0) is 59.4 Å². The summed E-state index contributed by atoms with van der Waals surface area (Å²) in [6, 6.07) is 32.3. The van der Waals surface area contributed by atoms with Crippen LogP contribution in [0.5, 0.6) is 0 Å². The largest absolute Gasteiger partial charge is 0.345 e. The van der Waals surface area contributed by atoms with Gasteiger partial charge in [-0.1, -0.05) is 72.8 Å².